The second-order valence-corrected chi connectivity index (χ2v) is 25.8. The molecular weight excluding hydrogens is 1120 g/mol. The maximum atomic E-state index is 15.7. The van der Waals surface area contributed by atoms with Crippen LogP contribution in [0.15, 0.2) is 78.9 Å². The van der Waals surface area contributed by atoms with E-state index in [0.717, 1.165) is 16.0 Å². The Kier molecular flexibility index (Phi) is 24.9. The summed E-state index contributed by atoms with van der Waals surface area (Å²) in [5.74, 6) is -8.88. The quantitative estimate of drug-likeness (QED) is 0.124. The molecule has 2 fully saturated rings. The number of esters is 1. The van der Waals surface area contributed by atoms with Gasteiger partial charge in [-0.05, 0) is 97.6 Å². The summed E-state index contributed by atoms with van der Waals surface area (Å²) in [6, 6.07) is 13.5. The van der Waals surface area contributed by atoms with Crippen molar-refractivity contribution in [2.24, 2.45) is 29.6 Å². The van der Waals surface area contributed by atoms with Crippen LogP contribution in [0, 0.1) is 29.6 Å². The number of carbonyl (C=O) groups excluding carboxylic acids is 9. The van der Waals surface area contributed by atoms with Gasteiger partial charge in [0, 0.05) is 58.5 Å². The molecule has 0 radical (unpaired) electrons. The number of likely N-dealkylation sites (N-methyl/N-ethyl adjacent to an activating group) is 4. The molecule has 86 heavy (non-hydrogen) atoms. The summed E-state index contributed by atoms with van der Waals surface area (Å²) in [5, 5.41) is 21.1. The van der Waals surface area contributed by atoms with Gasteiger partial charge in [-0.1, -0.05) is 154 Å². The molecule has 472 valence electrons. The summed E-state index contributed by atoms with van der Waals surface area (Å²) in [4.78, 5) is 142. The van der Waals surface area contributed by atoms with Crippen LogP contribution in [-0.2, 0) is 60.7 Å². The minimum absolute atomic E-state index is 0.0217. The molecule has 0 bridgehead atoms. The maximum Gasteiger partial charge on any atom is 0.332 e. The fourth-order valence-electron chi connectivity index (χ4n) is 11.9. The van der Waals surface area contributed by atoms with Gasteiger partial charge in [-0.2, -0.15) is 0 Å². The van der Waals surface area contributed by atoms with Gasteiger partial charge < -0.3 is 50.3 Å². The van der Waals surface area contributed by atoms with Crippen LogP contribution in [0.4, 0.5) is 0 Å². The fraction of sp³-hybridized carbons (Fsp3) is 0.591. The number of amides is 8. The van der Waals surface area contributed by atoms with E-state index in [0.29, 0.717) is 35.4 Å². The monoisotopic (exact) mass is 1210 g/mol. The van der Waals surface area contributed by atoms with Crippen molar-refractivity contribution in [3.05, 3.63) is 95.0 Å². The average molecular weight is 1210 g/mol. The van der Waals surface area contributed by atoms with E-state index in [4.69, 9.17) is 16.3 Å². The predicted octanol–water partition coefficient (Wildman–Crippen LogP) is 6.69. The molecule has 0 aliphatic carbocycles. The Morgan fingerprint density at radius 3 is 1.69 bits per heavy atom. The standard InChI is InChI=1S/C66H95ClN8O11/c1-17-41(9)52-63(82)72(14)53(39(5)6)58(77)68-48(34-38(3)4)61(80)74(16)56(66(11,12)85)65(84)86-55(42(10)18-2)64(83)73(15)54(40(7)8)59(78)69-49(36-43-24-20-19-21-25-43)60(79)71(13)51(62(81)75-33-23-28-50(75)57(76)70-52)37-44-26-22-27-46(35-44)45-29-31-47(67)32-30-45/h19-22,24-27,29-32,35,38-42,48-56,85H,17-18,23,28,33-34,36-37H2,1-16H3,(H,68,77)(H,69,78)(H,70,76)/t41?,42?,48-,49-,50-,51-,52-,53-,54-,55+,56+/m0/s1. The van der Waals surface area contributed by atoms with E-state index in [2.05, 4.69) is 16.0 Å². The molecule has 0 saturated carbocycles. The molecule has 20 heteroatoms. The number of ether oxygens (including phenoxy) is 1. The molecular formula is C66H95ClN8O11. The SMILES string of the molecule is CCC(C)[C@@H]1NC(=O)[C@@H]2CCCN2C(=O)[C@H](Cc2cccc(-c3ccc(Cl)cc3)c2)N(C)C(=O)[C@H](Cc2ccccc2)NC(=O)[C@H](C(C)C)N(C)C(=O)[C@@H](C(C)CC)OC(=O)[C@H](C(C)(C)O)N(C)C(=O)[C@H](CC(C)C)NC(=O)[C@H](C(C)C)N(C)C1=O. The number of nitrogens with one attached hydrogen (secondary N) is 3. The van der Waals surface area contributed by atoms with Gasteiger partial charge in [0.2, 0.25) is 41.4 Å². The van der Waals surface area contributed by atoms with E-state index in [1.165, 1.54) is 61.6 Å². The van der Waals surface area contributed by atoms with Crippen LogP contribution < -0.4 is 16.0 Å². The molecule has 3 aromatic rings. The Balaban J connectivity index is 1.73. The number of hydrogen-bond acceptors (Lipinski definition) is 11. The van der Waals surface area contributed by atoms with Crippen molar-refractivity contribution in [1.82, 2.24) is 40.4 Å². The Morgan fingerprint density at radius 2 is 1.14 bits per heavy atom. The van der Waals surface area contributed by atoms with Crippen molar-refractivity contribution >= 4 is 64.8 Å². The first kappa shape index (κ1) is 69.9. The smallest absolute Gasteiger partial charge is 0.332 e. The number of benzene rings is 3. The number of aliphatic hydroxyl groups is 1. The van der Waals surface area contributed by atoms with Crippen molar-refractivity contribution < 1.29 is 53.0 Å². The van der Waals surface area contributed by atoms with Gasteiger partial charge in [-0.25, -0.2) is 4.79 Å². The second kappa shape index (κ2) is 30.7. The molecule has 2 heterocycles. The number of halogens is 1. The first-order chi connectivity index (χ1) is 40.3. The normalized spacial score (nSPS) is 25.3. The third-order valence-corrected chi connectivity index (χ3v) is 17.3. The number of nitrogens with zero attached hydrogens (tertiary/aromatic N) is 5. The Labute approximate surface area is 514 Å². The van der Waals surface area contributed by atoms with E-state index in [1.54, 1.807) is 84.9 Å². The van der Waals surface area contributed by atoms with E-state index >= 15 is 24.0 Å². The number of cyclic esters (lactones) is 1. The van der Waals surface area contributed by atoms with Gasteiger partial charge in [-0.3, -0.25) is 38.4 Å². The van der Waals surface area contributed by atoms with E-state index in [9.17, 15) is 24.3 Å². The number of carbonyl (C=O) groups is 9. The summed E-state index contributed by atoms with van der Waals surface area (Å²) in [6.45, 7) is 20.6. The number of rotatable bonds is 14. The molecule has 0 aromatic heterocycles. The predicted molar refractivity (Wildman–Crippen MR) is 332 cm³/mol. The third-order valence-electron chi connectivity index (χ3n) is 17.1. The van der Waals surface area contributed by atoms with E-state index < -0.39 is 137 Å². The van der Waals surface area contributed by atoms with Crippen molar-refractivity contribution in [3.63, 3.8) is 0 Å². The van der Waals surface area contributed by atoms with Crippen LogP contribution in [-0.4, -0.2) is 178 Å². The van der Waals surface area contributed by atoms with Gasteiger partial charge in [0.15, 0.2) is 12.1 Å². The Hall–Kier alpha value is -6.86. The van der Waals surface area contributed by atoms with Gasteiger partial charge >= 0.3 is 5.97 Å². The van der Waals surface area contributed by atoms with Crippen molar-refractivity contribution in [2.45, 2.75) is 188 Å². The zero-order valence-corrected chi connectivity index (χ0v) is 54.1. The first-order valence-electron chi connectivity index (χ1n) is 30.4. The zero-order chi connectivity index (χ0) is 64.2. The van der Waals surface area contributed by atoms with Crippen LogP contribution in [0.5, 0.6) is 0 Å². The molecule has 19 nitrogen and oxygen atoms in total. The fourth-order valence-corrected chi connectivity index (χ4v) is 12.0. The maximum absolute atomic E-state index is 15.7. The minimum atomic E-state index is -1.98. The minimum Gasteiger partial charge on any atom is -0.450 e. The Morgan fingerprint density at radius 1 is 0.593 bits per heavy atom. The highest BCUT2D eigenvalue weighted by Crippen LogP contribution is 2.29. The van der Waals surface area contributed by atoms with Crippen molar-refractivity contribution in [1.29, 1.82) is 0 Å². The summed E-state index contributed by atoms with van der Waals surface area (Å²) in [6.07, 6.45) is -0.104. The molecule has 2 aliphatic rings. The summed E-state index contributed by atoms with van der Waals surface area (Å²) < 4.78 is 6.13. The van der Waals surface area contributed by atoms with E-state index in [-0.39, 0.29) is 38.1 Å². The number of fused-ring (bicyclic) bond motifs is 1. The average Bonchev–Trinajstić information content (AvgIpc) is 2.56. The number of hydrogen-bond donors (Lipinski definition) is 4. The van der Waals surface area contributed by atoms with E-state index in [1.807, 2.05) is 63.2 Å². The molecule has 4 N–H and O–H groups in total. The highest BCUT2D eigenvalue weighted by atomic mass is 35.5. The third kappa shape index (κ3) is 17.2. The van der Waals surface area contributed by atoms with Crippen LogP contribution in [0.1, 0.15) is 126 Å². The second-order valence-electron chi connectivity index (χ2n) is 25.4. The summed E-state index contributed by atoms with van der Waals surface area (Å²) >= 11 is 6.27. The van der Waals surface area contributed by atoms with Gasteiger partial charge in [-0.15, -0.1) is 0 Å². The lowest BCUT2D eigenvalue weighted by Gasteiger charge is -2.39. The van der Waals surface area contributed by atoms with Gasteiger partial charge in [0.25, 0.3) is 5.91 Å². The Bertz CT molecular complexity index is 2860. The molecule has 2 aliphatic heterocycles. The lowest BCUT2D eigenvalue weighted by molar-refractivity contribution is -0.177. The first-order valence-corrected chi connectivity index (χ1v) is 30.8. The van der Waals surface area contributed by atoms with Crippen LogP contribution in [0.25, 0.3) is 11.1 Å². The molecule has 3 aromatic carbocycles. The molecule has 8 amide bonds. The molecule has 11 atom stereocenters. The largest absolute Gasteiger partial charge is 0.450 e. The molecule has 2 saturated heterocycles. The lowest BCUT2D eigenvalue weighted by Crippen LogP contribution is -2.63. The summed E-state index contributed by atoms with van der Waals surface area (Å²) in [5.41, 5.74) is 1.05. The van der Waals surface area contributed by atoms with Crippen LogP contribution >= 0.6 is 11.6 Å². The molecule has 2 unspecified atom stereocenters. The van der Waals surface area contributed by atoms with Crippen LogP contribution in [0.3, 0.4) is 0 Å². The van der Waals surface area contributed by atoms with Gasteiger partial charge in [0.05, 0.1) is 5.60 Å². The highest BCUT2D eigenvalue weighted by molar-refractivity contribution is 6.30. The molecule has 5 rings (SSSR count). The van der Waals surface area contributed by atoms with Crippen LogP contribution in [0.2, 0.25) is 5.02 Å². The van der Waals surface area contributed by atoms with Crippen molar-refractivity contribution in [2.75, 3.05) is 34.7 Å². The highest BCUT2D eigenvalue weighted by Gasteiger charge is 2.48. The molecule has 0 spiro atoms. The summed E-state index contributed by atoms with van der Waals surface area (Å²) in [7, 11) is 5.67. The lowest BCUT2D eigenvalue weighted by atomic mass is 9.93. The zero-order valence-electron chi connectivity index (χ0n) is 53.4. The van der Waals surface area contributed by atoms with Gasteiger partial charge in [0.1, 0.15) is 42.3 Å². The van der Waals surface area contributed by atoms with Crippen molar-refractivity contribution in [3.8, 4) is 11.1 Å². The topological polar surface area (TPSA) is 235 Å².